The van der Waals surface area contributed by atoms with Gasteiger partial charge in [0.1, 0.15) is 11.8 Å². The zero-order valence-electron chi connectivity index (χ0n) is 15.1. The Bertz CT molecular complexity index is 720. The Balaban J connectivity index is 1.86. The van der Waals surface area contributed by atoms with Crippen molar-refractivity contribution in [1.29, 1.82) is 0 Å². The topological polar surface area (TPSA) is 61.8 Å². The Morgan fingerprint density at radius 2 is 1.96 bits per heavy atom. The molecule has 1 amide bonds. The number of anilines is 1. The molecule has 5 heteroatoms. The van der Waals surface area contributed by atoms with Crippen LogP contribution in [0.3, 0.4) is 0 Å². The highest BCUT2D eigenvalue weighted by atomic mass is 16.5. The number of benzene rings is 2. The van der Waals surface area contributed by atoms with Crippen molar-refractivity contribution in [2.45, 2.75) is 31.9 Å². The van der Waals surface area contributed by atoms with E-state index < -0.39 is 12.1 Å². The third kappa shape index (κ3) is 4.42. The number of aliphatic hydroxyl groups excluding tert-OH is 1. The number of nitrogens with zero attached hydrogens (tertiary/aromatic N) is 1. The molecule has 2 aromatic rings. The van der Waals surface area contributed by atoms with Crippen LogP contribution in [-0.2, 0) is 4.79 Å². The molecule has 1 saturated heterocycles. The fraction of sp³-hybridized carbons (Fsp3) is 0.381. The molecule has 0 saturated carbocycles. The number of piperidine rings is 1. The average Bonchev–Trinajstić information content (AvgIpc) is 2.65. The molecule has 0 aromatic heterocycles. The summed E-state index contributed by atoms with van der Waals surface area (Å²) in [4.78, 5) is 15.2. The average molecular weight is 354 g/mol. The van der Waals surface area contributed by atoms with E-state index in [0.717, 1.165) is 24.9 Å². The molecule has 2 atom stereocenters. The third-order valence-electron chi connectivity index (χ3n) is 4.60. The van der Waals surface area contributed by atoms with Gasteiger partial charge in [0.15, 0.2) is 0 Å². The highest BCUT2D eigenvalue weighted by Crippen LogP contribution is 2.29. The second kappa shape index (κ2) is 8.83. The van der Waals surface area contributed by atoms with Crippen LogP contribution in [0.25, 0.3) is 0 Å². The molecule has 1 heterocycles. The smallest absolute Gasteiger partial charge is 0.246 e. The van der Waals surface area contributed by atoms with Crippen molar-refractivity contribution in [1.82, 2.24) is 4.90 Å². The number of β-amino-alcohol motifs (C(OH)–C–C–N with tert-alkyl or cyclic N) is 1. The molecule has 0 radical (unpaired) electrons. The number of hydrogen-bond donors (Lipinski definition) is 2. The van der Waals surface area contributed by atoms with Crippen molar-refractivity contribution in [3.05, 3.63) is 60.2 Å². The van der Waals surface area contributed by atoms with E-state index >= 15 is 0 Å². The predicted molar refractivity (Wildman–Crippen MR) is 102 cm³/mol. The summed E-state index contributed by atoms with van der Waals surface area (Å²) in [6.07, 6.45) is 1.28. The van der Waals surface area contributed by atoms with Crippen molar-refractivity contribution in [2.24, 2.45) is 0 Å². The van der Waals surface area contributed by atoms with Crippen LogP contribution in [0, 0.1) is 0 Å². The summed E-state index contributed by atoms with van der Waals surface area (Å²) < 4.78 is 5.62. The van der Waals surface area contributed by atoms with Crippen LogP contribution in [0.15, 0.2) is 54.6 Å². The van der Waals surface area contributed by atoms with Crippen LogP contribution in [0.1, 0.15) is 31.4 Å². The highest BCUT2D eigenvalue weighted by Gasteiger charge is 2.31. The van der Waals surface area contributed by atoms with Crippen LogP contribution in [0.4, 0.5) is 5.69 Å². The molecule has 2 unspecified atom stereocenters. The predicted octanol–water partition coefficient (Wildman–Crippen LogP) is 3.22. The standard InChI is InChI=1S/C21H26N2O3/c1-2-26-19-13-7-6-12-18(19)22-21(25)20(16-9-4-3-5-10-16)23-14-8-11-17(24)15-23/h3-7,9-10,12-13,17,20,24H,2,8,11,14-15H2,1H3,(H,22,25). The zero-order valence-corrected chi connectivity index (χ0v) is 15.1. The maximum absolute atomic E-state index is 13.2. The van der Waals surface area contributed by atoms with Crippen molar-refractivity contribution in [3.63, 3.8) is 0 Å². The summed E-state index contributed by atoms with van der Waals surface area (Å²) >= 11 is 0. The van der Waals surface area contributed by atoms with Crippen LogP contribution < -0.4 is 10.1 Å². The van der Waals surface area contributed by atoms with E-state index in [0.29, 0.717) is 24.6 Å². The summed E-state index contributed by atoms with van der Waals surface area (Å²) in [6.45, 7) is 3.74. The summed E-state index contributed by atoms with van der Waals surface area (Å²) in [5.41, 5.74) is 1.59. The number of amides is 1. The van der Waals surface area contributed by atoms with Crippen LogP contribution in [-0.4, -0.2) is 41.7 Å². The van der Waals surface area contributed by atoms with Gasteiger partial charge in [0.25, 0.3) is 0 Å². The molecule has 5 nitrogen and oxygen atoms in total. The lowest BCUT2D eigenvalue weighted by molar-refractivity contribution is -0.122. The molecule has 0 spiro atoms. The Hall–Kier alpha value is -2.37. The molecule has 2 aromatic carbocycles. The van der Waals surface area contributed by atoms with E-state index in [1.54, 1.807) is 0 Å². The molecular formula is C21H26N2O3. The molecule has 3 rings (SSSR count). The molecule has 138 valence electrons. The second-order valence-corrected chi connectivity index (χ2v) is 6.52. The van der Waals surface area contributed by atoms with E-state index in [-0.39, 0.29) is 5.91 Å². The van der Waals surface area contributed by atoms with Crippen molar-refractivity contribution < 1.29 is 14.6 Å². The normalized spacial score (nSPS) is 18.9. The number of carbonyl (C=O) groups is 1. The van der Waals surface area contributed by atoms with Gasteiger partial charge in [-0.1, -0.05) is 42.5 Å². The minimum atomic E-state index is -0.444. The summed E-state index contributed by atoms with van der Waals surface area (Å²) in [7, 11) is 0. The van der Waals surface area contributed by atoms with E-state index in [1.807, 2.05) is 61.5 Å². The number of rotatable bonds is 6. The van der Waals surface area contributed by atoms with Gasteiger partial charge in [0, 0.05) is 6.54 Å². The molecule has 2 N–H and O–H groups in total. The molecule has 1 aliphatic heterocycles. The second-order valence-electron chi connectivity index (χ2n) is 6.52. The maximum atomic E-state index is 13.2. The summed E-state index contributed by atoms with van der Waals surface area (Å²) in [5.74, 6) is 0.547. The van der Waals surface area contributed by atoms with E-state index in [4.69, 9.17) is 4.74 Å². The number of hydrogen-bond acceptors (Lipinski definition) is 4. The lowest BCUT2D eigenvalue weighted by Gasteiger charge is -2.36. The van der Waals surface area contributed by atoms with Gasteiger partial charge in [-0.3, -0.25) is 9.69 Å². The Morgan fingerprint density at radius 3 is 2.69 bits per heavy atom. The first-order valence-corrected chi connectivity index (χ1v) is 9.18. The quantitative estimate of drug-likeness (QED) is 0.836. The van der Waals surface area contributed by atoms with Gasteiger partial charge in [-0.2, -0.15) is 0 Å². The highest BCUT2D eigenvalue weighted by molar-refractivity contribution is 5.96. The molecule has 1 fully saturated rings. The van der Waals surface area contributed by atoms with Crippen LogP contribution >= 0.6 is 0 Å². The molecule has 0 aliphatic carbocycles. The Labute approximate surface area is 154 Å². The van der Waals surface area contributed by atoms with E-state index in [9.17, 15) is 9.90 Å². The molecule has 26 heavy (non-hydrogen) atoms. The van der Waals surface area contributed by atoms with Gasteiger partial charge in [-0.15, -0.1) is 0 Å². The van der Waals surface area contributed by atoms with Gasteiger partial charge in [-0.25, -0.2) is 0 Å². The summed E-state index contributed by atoms with van der Waals surface area (Å²) in [5, 5.41) is 13.1. The first kappa shape index (κ1) is 18.4. The van der Waals surface area contributed by atoms with E-state index in [2.05, 4.69) is 10.2 Å². The molecular weight excluding hydrogens is 328 g/mol. The summed E-state index contributed by atoms with van der Waals surface area (Å²) in [6, 6.07) is 16.7. The number of ether oxygens (including phenoxy) is 1. The molecule has 1 aliphatic rings. The number of aliphatic hydroxyl groups is 1. The lowest BCUT2D eigenvalue weighted by atomic mass is 9.99. The molecule has 0 bridgehead atoms. The van der Waals surface area contributed by atoms with Crippen molar-refractivity contribution in [3.8, 4) is 5.75 Å². The fourth-order valence-electron chi connectivity index (χ4n) is 3.43. The minimum Gasteiger partial charge on any atom is -0.492 e. The van der Waals surface area contributed by atoms with Gasteiger partial charge in [-0.05, 0) is 44.0 Å². The largest absolute Gasteiger partial charge is 0.492 e. The number of likely N-dealkylation sites (tertiary alicyclic amines) is 1. The minimum absolute atomic E-state index is 0.113. The lowest BCUT2D eigenvalue weighted by Crippen LogP contribution is -2.44. The zero-order chi connectivity index (χ0) is 18.4. The Morgan fingerprint density at radius 1 is 1.23 bits per heavy atom. The Kier molecular flexibility index (Phi) is 6.26. The number of para-hydroxylation sites is 2. The third-order valence-corrected chi connectivity index (χ3v) is 4.60. The van der Waals surface area contributed by atoms with Gasteiger partial charge < -0.3 is 15.2 Å². The van der Waals surface area contributed by atoms with Gasteiger partial charge in [0.05, 0.1) is 18.4 Å². The van der Waals surface area contributed by atoms with Crippen LogP contribution in [0.2, 0.25) is 0 Å². The number of carbonyl (C=O) groups excluding carboxylic acids is 1. The van der Waals surface area contributed by atoms with Crippen molar-refractivity contribution in [2.75, 3.05) is 25.0 Å². The van der Waals surface area contributed by atoms with E-state index in [1.165, 1.54) is 0 Å². The SMILES string of the molecule is CCOc1ccccc1NC(=O)C(c1ccccc1)N1CCCC(O)C1. The fourth-order valence-corrected chi connectivity index (χ4v) is 3.43. The monoisotopic (exact) mass is 354 g/mol. The first-order valence-electron chi connectivity index (χ1n) is 9.18. The van der Waals surface area contributed by atoms with Crippen molar-refractivity contribution >= 4 is 11.6 Å². The number of nitrogens with one attached hydrogen (secondary N) is 1. The van der Waals surface area contributed by atoms with Gasteiger partial charge >= 0.3 is 0 Å². The maximum Gasteiger partial charge on any atom is 0.246 e. The van der Waals surface area contributed by atoms with Gasteiger partial charge in [0.2, 0.25) is 5.91 Å². The van der Waals surface area contributed by atoms with Crippen LogP contribution in [0.5, 0.6) is 5.75 Å². The first-order chi connectivity index (χ1) is 12.7.